The van der Waals surface area contributed by atoms with Crippen LogP contribution in [-0.2, 0) is 5.75 Å². The van der Waals surface area contributed by atoms with E-state index in [2.05, 4.69) is 12.2 Å². The van der Waals surface area contributed by atoms with E-state index in [4.69, 9.17) is 4.42 Å². The zero-order chi connectivity index (χ0) is 11.2. The van der Waals surface area contributed by atoms with Crippen molar-refractivity contribution in [2.45, 2.75) is 49.7 Å². The van der Waals surface area contributed by atoms with Crippen LogP contribution in [0, 0.1) is 0 Å². The Bertz CT molecular complexity index is 280. The Balaban J connectivity index is 1.58. The smallest absolute Gasteiger partial charge is 0.113 e. The molecule has 0 amide bonds. The molecule has 2 rings (SSSR count). The summed E-state index contributed by atoms with van der Waals surface area (Å²) in [5.74, 6) is 2.07. The van der Waals surface area contributed by atoms with Crippen LogP contribution in [0.25, 0.3) is 0 Å². The summed E-state index contributed by atoms with van der Waals surface area (Å²) < 4.78 is 5.32. The van der Waals surface area contributed by atoms with Crippen LogP contribution >= 0.6 is 11.8 Å². The van der Waals surface area contributed by atoms with Crippen molar-refractivity contribution < 1.29 is 4.42 Å². The standard InChI is InChI=1S/C13H21NOS/c1-11(9-14-12-5-2-3-6-12)16-10-13-7-4-8-15-13/h4,7-8,11-12,14H,2-3,5-6,9-10H2,1H3. The highest BCUT2D eigenvalue weighted by molar-refractivity contribution is 7.99. The van der Waals surface area contributed by atoms with Gasteiger partial charge in [0.05, 0.1) is 12.0 Å². The fourth-order valence-corrected chi connectivity index (χ4v) is 2.97. The van der Waals surface area contributed by atoms with Crippen molar-refractivity contribution in [1.29, 1.82) is 0 Å². The van der Waals surface area contributed by atoms with Gasteiger partial charge in [-0.1, -0.05) is 19.8 Å². The Morgan fingerprint density at radius 3 is 3.00 bits per heavy atom. The average Bonchev–Trinajstić information content (AvgIpc) is 2.96. The summed E-state index contributed by atoms with van der Waals surface area (Å²) in [7, 11) is 0. The third-order valence-corrected chi connectivity index (χ3v) is 4.33. The molecule has 0 bridgehead atoms. The second-order valence-corrected chi connectivity index (χ2v) is 6.02. The highest BCUT2D eigenvalue weighted by Gasteiger charge is 2.15. The van der Waals surface area contributed by atoms with Gasteiger partial charge in [-0.15, -0.1) is 11.8 Å². The molecule has 16 heavy (non-hydrogen) atoms. The fraction of sp³-hybridized carbons (Fsp3) is 0.692. The van der Waals surface area contributed by atoms with Crippen LogP contribution in [0.1, 0.15) is 38.4 Å². The maximum atomic E-state index is 5.32. The summed E-state index contributed by atoms with van der Waals surface area (Å²) in [5, 5.41) is 4.32. The molecule has 1 saturated carbocycles. The van der Waals surface area contributed by atoms with Crippen LogP contribution in [0.3, 0.4) is 0 Å². The second-order valence-electron chi connectivity index (χ2n) is 4.59. The topological polar surface area (TPSA) is 25.2 Å². The minimum atomic E-state index is 0.658. The Morgan fingerprint density at radius 1 is 1.50 bits per heavy atom. The number of furan rings is 1. The van der Waals surface area contributed by atoms with E-state index < -0.39 is 0 Å². The number of nitrogens with one attached hydrogen (secondary N) is 1. The van der Waals surface area contributed by atoms with Crippen LogP contribution in [0.4, 0.5) is 0 Å². The van der Waals surface area contributed by atoms with Gasteiger partial charge in [-0.3, -0.25) is 0 Å². The molecule has 1 atom stereocenters. The zero-order valence-corrected chi connectivity index (χ0v) is 10.8. The fourth-order valence-electron chi connectivity index (χ4n) is 2.14. The van der Waals surface area contributed by atoms with Gasteiger partial charge in [0.25, 0.3) is 0 Å². The van der Waals surface area contributed by atoms with Crippen molar-refractivity contribution in [1.82, 2.24) is 5.32 Å². The maximum absolute atomic E-state index is 5.32. The Hall–Kier alpha value is -0.410. The van der Waals surface area contributed by atoms with Crippen molar-refractivity contribution in [3.05, 3.63) is 24.2 Å². The van der Waals surface area contributed by atoms with E-state index in [0.717, 1.165) is 24.1 Å². The number of thioether (sulfide) groups is 1. The quantitative estimate of drug-likeness (QED) is 0.823. The molecular formula is C13H21NOS. The summed E-state index contributed by atoms with van der Waals surface area (Å²) in [6.07, 6.45) is 7.31. The third kappa shape index (κ3) is 3.87. The van der Waals surface area contributed by atoms with Crippen molar-refractivity contribution in [2.24, 2.45) is 0 Å². The molecule has 2 nitrogen and oxygen atoms in total. The predicted molar refractivity (Wildman–Crippen MR) is 69.7 cm³/mol. The first-order valence-electron chi connectivity index (χ1n) is 6.22. The van der Waals surface area contributed by atoms with Crippen LogP contribution in [0.5, 0.6) is 0 Å². The molecule has 0 saturated heterocycles. The third-order valence-electron chi connectivity index (χ3n) is 3.14. The van der Waals surface area contributed by atoms with Crippen molar-refractivity contribution in [3.8, 4) is 0 Å². The Labute approximate surface area is 102 Å². The summed E-state index contributed by atoms with van der Waals surface area (Å²) in [6, 6.07) is 4.79. The molecule has 1 aromatic heterocycles. The van der Waals surface area contributed by atoms with Gasteiger partial charge < -0.3 is 9.73 Å². The van der Waals surface area contributed by atoms with E-state index in [9.17, 15) is 0 Å². The monoisotopic (exact) mass is 239 g/mol. The average molecular weight is 239 g/mol. The molecule has 0 radical (unpaired) electrons. The molecular weight excluding hydrogens is 218 g/mol. The minimum Gasteiger partial charge on any atom is -0.468 e. The second kappa shape index (κ2) is 6.36. The van der Waals surface area contributed by atoms with Gasteiger partial charge in [-0.2, -0.15) is 0 Å². The van der Waals surface area contributed by atoms with Crippen LogP contribution in [0.2, 0.25) is 0 Å². The van der Waals surface area contributed by atoms with Crippen molar-refractivity contribution >= 4 is 11.8 Å². The normalized spacial score (nSPS) is 19.1. The molecule has 0 spiro atoms. The van der Waals surface area contributed by atoms with Crippen molar-refractivity contribution in [2.75, 3.05) is 6.54 Å². The Kier molecular flexibility index (Phi) is 4.79. The van der Waals surface area contributed by atoms with E-state index in [-0.39, 0.29) is 0 Å². The van der Waals surface area contributed by atoms with Gasteiger partial charge in [0.1, 0.15) is 5.76 Å². The molecule has 1 N–H and O–H groups in total. The van der Waals surface area contributed by atoms with E-state index in [1.54, 1.807) is 6.26 Å². The Morgan fingerprint density at radius 2 is 2.31 bits per heavy atom. The lowest BCUT2D eigenvalue weighted by Gasteiger charge is -2.16. The molecule has 1 heterocycles. The van der Waals surface area contributed by atoms with E-state index >= 15 is 0 Å². The van der Waals surface area contributed by atoms with Gasteiger partial charge in [-0.05, 0) is 25.0 Å². The lowest BCUT2D eigenvalue weighted by Crippen LogP contribution is -2.31. The van der Waals surface area contributed by atoms with Gasteiger partial charge in [0.2, 0.25) is 0 Å². The summed E-state index contributed by atoms with van der Waals surface area (Å²) in [6.45, 7) is 3.41. The molecule has 1 unspecified atom stereocenters. The number of hydrogen-bond acceptors (Lipinski definition) is 3. The molecule has 0 aromatic carbocycles. The first kappa shape index (κ1) is 12.1. The lowest BCUT2D eigenvalue weighted by molar-refractivity contribution is 0.523. The van der Waals surface area contributed by atoms with Crippen LogP contribution in [0.15, 0.2) is 22.8 Å². The molecule has 0 aliphatic heterocycles. The summed E-state index contributed by atoms with van der Waals surface area (Å²) in [5.41, 5.74) is 0. The van der Waals surface area contributed by atoms with Crippen LogP contribution < -0.4 is 5.32 Å². The predicted octanol–water partition coefficient (Wildman–Crippen LogP) is 3.43. The first-order valence-corrected chi connectivity index (χ1v) is 7.27. The largest absolute Gasteiger partial charge is 0.468 e. The SMILES string of the molecule is CC(CNC1CCCC1)SCc1ccco1. The summed E-state index contributed by atoms with van der Waals surface area (Å²) >= 11 is 1.96. The lowest BCUT2D eigenvalue weighted by atomic mass is 10.2. The number of rotatable bonds is 6. The van der Waals surface area contributed by atoms with Gasteiger partial charge >= 0.3 is 0 Å². The van der Waals surface area contributed by atoms with E-state index in [0.29, 0.717) is 5.25 Å². The van der Waals surface area contributed by atoms with Crippen molar-refractivity contribution in [3.63, 3.8) is 0 Å². The van der Waals surface area contributed by atoms with Gasteiger partial charge in [0, 0.05) is 17.8 Å². The van der Waals surface area contributed by atoms with Gasteiger partial charge in [0.15, 0.2) is 0 Å². The summed E-state index contributed by atoms with van der Waals surface area (Å²) in [4.78, 5) is 0. The molecule has 1 aromatic rings. The molecule has 90 valence electrons. The van der Waals surface area contributed by atoms with E-state index in [1.807, 2.05) is 23.9 Å². The molecule has 1 aliphatic carbocycles. The highest BCUT2D eigenvalue weighted by atomic mass is 32.2. The van der Waals surface area contributed by atoms with E-state index in [1.165, 1.54) is 25.7 Å². The first-order chi connectivity index (χ1) is 7.84. The minimum absolute atomic E-state index is 0.658. The highest BCUT2D eigenvalue weighted by Crippen LogP contribution is 2.20. The zero-order valence-electron chi connectivity index (χ0n) is 9.95. The molecule has 1 aliphatic rings. The molecule has 3 heteroatoms. The maximum Gasteiger partial charge on any atom is 0.113 e. The molecule has 1 fully saturated rings. The number of hydrogen-bond donors (Lipinski definition) is 1. The van der Waals surface area contributed by atoms with Crippen LogP contribution in [-0.4, -0.2) is 17.8 Å². The van der Waals surface area contributed by atoms with Gasteiger partial charge in [-0.25, -0.2) is 0 Å².